The molecule has 0 aliphatic heterocycles. The molecule has 2 rings (SSSR count). The van der Waals surface area contributed by atoms with Crippen molar-refractivity contribution in [1.29, 1.82) is 0 Å². The molecule has 24 heavy (non-hydrogen) atoms. The third-order valence-electron chi connectivity index (χ3n) is 3.57. The van der Waals surface area contributed by atoms with Gasteiger partial charge < -0.3 is 20.1 Å². The zero-order valence-corrected chi connectivity index (χ0v) is 14.9. The first-order chi connectivity index (χ1) is 11.3. The van der Waals surface area contributed by atoms with Gasteiger partial charge >= 0.3 is 6.03 Å². The number of urea groups is 1. The van der Waals surface area contributed by atoms with Crippen LogP contribution in [0.1, 0.15) is 12.8 Å². The molecule has 8 nitrogen and oxygen atoms in total. The zero-order chi connectivity index (χ0) is 17.7. The molecule has 1 aliphatic rings. The monoisotopic (exact) mass is 357 g/mol. The third kappa shape index (κ3) is 4.92. The molecular formula is C15H23N3O5S. The van der Waals surface area contributed by atoms with Gasteiger partial charge in [0.05, 0.1) is 32.7 Å². The van der Waals surface area contributed by atoms with Crippen molar-refractivity contribution < 1.29 is 22.7 Å². The van der Waals surface area contributed by atoms with Crippen molar-refractivity contribution in [1.82, 2.24) is 10.6 Å². The van der Waals surface area contributed by atoms with Crippen LogP contribution in [0.15, 0.2) is 18.2 Å². The Balaban J connectivity index is 2.06. The van der Waals surface area contributed by atoms with Crippen LogP contribution in [0, 0.1) is 0 Å². The molecule has 1 fully saturated rings. The fourth-order valence-corrected chi connectivity index (χ4v) is 3.12. The number of carbonyl (C=O) groups is 1. The second-order valence-electron chi connectivity index (χ2n) is 5.55. The number of sulfonamides is 1. The third-order valence-corrected chi connectivity index (χ3v) is 4.76. The molecule has 1 aromatic carbocycles. The largest absolute Gasteiger partial charge is 0.493 e. The van der Waals surface area contributed by atoms with E-state index in [-0.39, 0.29) is 25.2 Å². The van der Waals surface area contributed by atoms with Crippen LogP contribution in [0.4, 0.5) is 10.5 Å². The van der Waals surface area contributed by atoms with E-state index in [4.69, 9.17) is 9.47 Å². The zero-order valence-electron chi connectivity index (χ0n) is 14.0. The van der Waals surface area contributed by atoms with Gasteiger partial charge in [0.15, 0.2) is 11.5 Å². The maximum absolute atomic E-state index is 12.1. The van der Waals surface area contributed by atoms with Crippen LogP contribution in [0.2, 0.25) is 0 Å². The maximum Gasteiger partial charge on any atom is 0.315 e. The molecule has 0 aromatic heterocycles. The van der Waals surface area contributed by atoms with Crippen LogP contribution in [-0.4, -0.2) is 54.1 Å². The molecule has 2 N–H and O–H groups in total. The summed E-state index contributed by atoms with van der Waals surface area (Å²) in [5, 5.41) is 5.45. The number of hydrogen-bond donors (Lipinski definition) is 2. The molecule has 1 aromatic rings. The summed E-state index contributed by atoms with van der Waals surface area (Å²) < 4.78 is 35.7. The van der Waals surface area contributed by atoms with Gasteiger partial charge in [-0.05, 0) is 25.0 Å². The van der Waals surface area contributed by atoms with E-state index in [1.807, 2.05) is 0 Å². The van der Waals surface area contributed by atoms with E-state index in [0.29, 0.717) is 17.2 Å². The molecule has 0 bridgehead atoms. The Kier molecular flexibility index (Phi) is 5.76. The lowest BCUT2D eigenvalue weighted by atomic mass is 10.2. The Morgan fingerprint density at radius 2 is 1.92 bits per heavy atom. The molecule has 0 unspecified atom stereocenters. The fourth-order valence-electron chi connectivity index (χ4n) is 2.20. The minimum Gasteiger partial charge on any atom is -0.493 e. The van der Waals surface area contributed by atoms with Gasteiger partial charge in [0.1, 0.15) is 0 Å². The van der Waals surface area contributed by atoms with Crippen LogP contribution in [-0.2, 0) is 10.0 Å². The Morgan fingerprint density at radius 1 is 1.25 bits per heavy atom. The first-order valence-corrected chi connectivity index (χ1v) is 9.44. The van der Waals surface area contributed by atoms with Crippen LogP contribution in [0.25, 0.3) is 0 Å². The van der Waals surface area contributed by atoms with Crippen LogP contribution in [0.3, 0.4) is 0 Å². The molecule has 0 radical (unpaired) electrons. The van der Waals surface area contributed by atoms with Gasteiger partial charge in [-0.2, -0.15) is 0 Å². The standard InChI is InChI=1S/C15H23N3O5S/c1-22-13-7-6-12(10-14(13)23-2)18(24(3,20)21)9-8-16-15(19)17-11-4-5-11/h6-7,10-11H,4-5,8-9H2,1-3H3,(H2,16,17,19). The Labute approximate surface area is 142 Å². The van der Waals surface area contributed by atoms with E-state index in [9.17, 15) is 13.2 Å². The highest BCUT2D eigenvalue weighted by atomic mass is 32.2. The normalized spacial score (nSPS) is 14.0. The van der Waals surface area contributed by atoms with E-state index < -0.39 is 10.0 Å². The summed E-state index contributed by atoms with van der Waals surface area (Å²) >= 11 is 0. The number of amides is 2. The van der Waals surface area contributed by atoms with Gasteiger partial charge in [-0.25, -0.2) is 13.2 Å². The van der Waals surface area contributed by atoms with E-state index in [2.05, 4.69) is 10.6 Å². The van der Waals surface area contributed by atoms with Gasteiger partial charge in [-0.1, -0.05) is 0 Å². The smallest absolute Gasteiger partial charge is 0.315 e. The number of nitrogens with zero attached hydrogens (tertiary/aromatic N) is 1. The van der Waals surface area contributed by atoms with E-state index in [1.54, 1.807) is 18.2 Å². The van der Waals surface area contributed by atoms with Gasteiger partial charge in [-0.15, -0.1) is 0 Å². The number of hydrogen-bond acceptors (Lipinski definition) is 5. The quantitative estimate of drug-likeness (QED) is 0.721. The lowest BCUT2D eigenvalue weighted by Gasteiger charge is -2.23. The average Bonchev–Trinajstić information content (AvgIpc) is 3.33. The second-order valence-corrected chi connectivity index (χ2v) is 7.46. The summed E-state index contributed by atoms with van der Waals surface area (Å²) in [5.41, 5.74) is 0.444. The SMILES string of the molecule is COc1ccc(N(CCNC(=O)NC2CC2)S(C)(=O)=O)cc1OC. The minimum absolute atomic E-state index is 0.117. The number of nitrogens with one attached hydrogen (secondary N) is 2. The van der Waals surface area contributed by atoms with E-state index in [1.165, 1.54) is 18.5 Å². The summed E-state index contributed by atoms with van der Waals surface area (Å²) in [6.45, 7) is 0.312. The van der Waals surface area contributed by atoms with Crippen molar-refractivity contribution in [2.45, 2.75) is 18.9 Å². The molecule has 1 saturated carbocycles. The summed E-state index contributed by atoms with van der Waals surface area (Å²) in [6.07, 6.45) is 3.11. The molecule has 134 valence electrons. The summed E-state index contributed by atoms with van der Waals surface area (Å²) in [4.78, 5) is 11.6. The number of rotatable bonds is 8. The number of anilines is 1. The lowest BCUT2D eigenvalue weighted by Crippen LogP contribution is -2.42. The molecule has 0 saturated heterocycles. The molecule has 0 atom stereocenters. The predicted octanol–water partition coefficient (Wildman–Crippen LogP) is 0.931. The van der Waals surface area contributed by atoms with Crippen molar-refractivity contribution >= 4 is 21.7 Å². The highest BCUT2D eigenvalue weighted by molar-refractivity contribution is 7.92. The van der Waals surface area contributed by atoms with Crippen molar-refractivity contribution in [3.05, 3.63) is 18.2 Å². The Bertz CT molecular complexity index is 688. The van der Waals surface area contributed by atoms with Gasteiger partial charge in [-0.3, -0.25) is 4.31 Å². The Hall–Kier alpha value is -2.16. The van der Waals surface area contributed by atoms with Crippen LogP contribution >= 0.6 is 0 Å². The van der Waals surface area contributed by atoms with Crippen molar-refractivity contribution in [2.75, 3.05) is 37.9 Å². The minimum atomic E-state index is -3.51. The van der Waals surface area contributed by atoms with E-state index >= 15 is 0 Å². The lowest BCUT2D eigenvalue weighted by molar-refractivity contribution is 0.241. The Morgan fingerprint density at radius 3 is 2.46 bits per heavy atom. The summed E-state index contributed by atoms with van der Waals surface area (Å²) in [7, 11) is -0.515. The highest BCUT2D eigenvalue weighted by Gasteiger charge is 2.23. The van der Waals surface area contributed by atoms with Crippen molar-refractivity contribution in [2.24, 2.45) is 0 Å². The highest BCUT2D eigenvalue weighted by Crippen LogP contribution is 2.32. The number of carbonyl (C=O) groups excluding carboxylic acids is 1. The van der Waals surface area contributed by atoms with Crippen molar-refractivity contribution in [3.63, 3.8) is 0 Å². The molecule has 0 spiro atoms. The average molecular weight is 357 g/mol. The molecule has 9 heteroatoms. The summed E-state index contributed by atoms with van der Waals surface area (Å²) in [6, 6.07) is 4.83. The van der Waals surface area contributed by atoms with Gasteiger partial charge in [0, 0.05) is 18.7 Å². The molecule has 1 aliphatic carbocycles. The second kappa shape index (κ2) is 7.61. The topological polar surface area (TPSA) is 97.0 Å². The maximum atomic E-state index is 12.1. The van der Waals surface area contributed by atoms with Crippen LogP contribution < -0.4 is 24.4 Å². The molecule has 0 heterocycles. The van der Waals surface area contributed by atoms with E-state index in [0.717, 1.165) is 19.1 Å². The molecular weight excluding hydrogens is 334 g/mol. The number of benzene rings is 1. The first kappa shape index (κ1) is 18.2. The van der Waals surface area contributed by atoms with Crippen molar-refractivity contribution in [3.8, 4) is 11.5 Å². The number of ether oxygens (including phenoxy) is 2. The molecule has 2 amide bonds. The number of methoxy groups -OCH3 is 2. The predicted molar refractivity (Wildman–Crippen MR) is 91.3 cm³/mol. The van der Waals surface area contributed by atoms with Gasteiger partial charge in [0.2, 0.25) is 10.0 Å². The van der Waals surface area contributed by atoms with Crippen LogP contribution in [0.5, 0.6) is 11.5 Å². The fraction of sp³-hybridized carbons (Fsp3) is 0.533. The first-order valence-electron chi connectivity index (χ1n) is 7.59. The van der Waals surface area contributed by atoms with Gasteiger partial charge in [0.25, 0.3) is 0 Å². The summed E-state index contributed by atoms with van der Waals surface area (Å²) in [5.74, 6) is 0.944.